The molecular formula is C20H23N3O2. The zero-order valence-corrected chi connectivity index (χ0v) is 14.6. The number of aromatic nitrogens is 2. The number of morpholine rings is 1. The van der Waals surface area contributed by atoms with E-state index in [9.17, 15) is 0 Å². The van der Waals surface area contributed by atoms with Crippen molar-refractivity contribution in [2.75, 3.05) is 19.7 Å². The van der Waals surface area contributed by atoms with E-state index in [2.05, 4.69) is 47.7 Å². The van der Waals surface area contributed by atoms with Gasteiger partial charge in [-0.3, -0.25) is 4.98 Å². The Morgan fingerprint density at radius 3 is 3.00 bits per heavy atom. The van der Waals surface area contributed by atoms with Crippen LogP contribution < -0.4 is 10.1 Å². The van der Waals surface area contributed by atoms with Crippen LogP contribution in [-0.4, -0.2) is 41.5 Å². The van der Waals surface area contributed by atoms with E-state index in [0.717, 1.165) is 47.5 Å². The molecule has 1 aliphatic rings. The summed E-state index contributed by atoms with van der Waals surface area (Å²) in [6.07, 6.45) is 5.98. The Labute approximate surface area is 147 Å². The van der Waals surface area contributed by atoms with Crippen molar-refractivity contribution in [3.05, 3.63) is 48.9 Å². The molecule has 1 aromatic carbocycles. The van der Waals surface area contributed by atoms with Crippen molar-refractivity contribution in [2.45, 2.75) is 19.1 Å². The first-order valence-electron chi connectivity index (χ1n) is 8.71. The quantitative estimate of drug-likeness (QED) is 0.795. The molecule has 0 spiro atoms. The molecule has 0 aliphatic carbocycles. The van der Waals surface area contributed by atoms with Crippen LogP contribution in [0.5, 0.6) is 5.75 Å². The molecule has 5 heteroatoms. The lowest BCUT2D eigenvalue weighted by atomic mass is 10.1. The second-order valence-electron chi connectivity index (χ2n) is 6.55. The Morgan fingerprint density at radius 2 is 2.24 bits per heavy atom. The number of hydrogen-bond acceptors (Lipinski definition) is 4. The molecule has 0 amide bonds. The maximum atomic E-state index is 6.32. The number of rotatable bonds is 4. The molecule has 3 aromatic rings. The van der Waals surface area contributed by atoms with Gasteiger partial charge in [0.15, 0.2) is 0 Å². The van der Waals surface area contributed by atoms with Crippen LogP contribution in [0.2, 0.25) is 0 Å². The molecule has 0 saturated carbocycles. The lowest BCUT2D eigenvalue weighted by molar-refractivity contribution is -0.0345. The van der Waals surface area contributed by atoms with Crippen molar-refractivity contribution in [3.63, 3.8) is 0 Å². The molecule has 4 rings (SSSR count). The average Bonchev–Trinajstić information content (AvgIpc) is 3.09. The van der Waals surface area contributed by atoms with Crippen LogP contribution in [0.1, 0.15) is 6.92 Å². The van der Waals surface area contributed by atoms with E-state index in [1.807, 2.05) is 30.1 Å². The number of benzene rings is 1. The summed E-state index contributed by atoms with van der Waals surface area (Å²) < 4.78 is 14.2. The fraction of sp³-hybridized carbons (Fsp3) is 0.350. The molecular weight excluding hydrogens is 314 g/mol. The smallest absolute Gasteiger partial charge is 0.129 e. The van der Waals surface area contributed by atoms with E-state index < -0.39 is 0 Å². The predicted octanol–water partition coefficient (Wildman–Crippen LogP) is 3.00. The van der Waals surface area contributed by atoms with Gasteiger partial charge in [-0.05, 0) is 48.4 Å². The highest BCUT2D eigenvalue weighted by molar-refractivity contribution is 5.90. The van der Waals surface area contributed by atoms with E-state index in [-0.39, 0.29) is 12.2 Å². The summed E-state index contributed by atoms with van der Waals surface area (Å²) in [5.41, 5.74) is 3.20. The van der Waals surface area contributed by atoms with E-state index in [4.69, 9.17) is 9.47 Å². The van der Waals surface area contributed by atoms with E-state index in [1.54, 1.807) is 0 Å². The summed E-state index contributed by atoms with van der Waals surface area (Å²) in [7, 11) is 2.02. The minimum Gasteiger partial charge on any atom is -0.487 e. The summed E-state index contributed by atoms with van der Waals surface area (Å²) in [6, 6.07) is 10.3. The predicted molar refractivity (Wildman–Crippen MR) is 98.8 cm³/mol. The van der Waals surface area contributed by atoms with Gasteiger partial charge >= 0.3 is 0 Å². The summed E-state index contributed by atoms with van der Waals surface area (Å²) in [5.74, 6) is 0.853. The zero-order chi connectivity index (χ0) is 17.2. The van der Waals surface area contributed by atoms with Crippen LogP contribution in [0, 0.1) is 0 Å². The van der Waals surface area contributed by atoms with E-state index in [0.29, 0.717) is 0 Å². The highest BCUT2D eigenvalue weighted by atomic mass is 16.5. The number of nitrogens with one attached hydrogen (secondary N) is 1. The molecule has 130 valence electrons. The monoisotopic (exact) mass is 337 g/mol. The summed E-state index contributed by atoms with van der Waals surface area (Å²) >= 11 is 0. The Kier molecular flexibility index (Phi) is 4.42. The summed E-state index contributed by atoms with van der Waals surface area (Å²) in [6.45, 7) is 4.51. The Bertz CT molecular complexity index is 868. The maximum Gasteiger partial charge on any atom is 0.129 e. The first-order valence-corrected chi connectivity index (χ1v) is 8.71. The normalized spacial score (nSPS) is 19.0. The van der Waals surface area contributed by atoms with Crippen molar-refractivity contribution in [2.24, 2.45) is 7.05 Å². The Balaban J connectivity index is 1.70. The SMILES string of the molecule is C[C@@H](Oc1cc(-c2ccn(C)c2)cc2ncccc12)[C@@H]1CNCCO1. The third-order valence-electron chi connectivity index (χ3n) is 4.64. The third-order valence-corrected chi connectivity index (χ3v) is 4.64. The van der Waals surface area contributed by atoms with Gasteiger partial charge in [0.25, 0.3) is 0 Å². The Morgan fingerprint density at radius 1 is 1.32 bits per heavy atom. The van der Waals surface area contributed by atoms with Crippen LogP contribution in [-0.2, 0) is 11.8 Å². The molecule has 3 heterocycles. The highest BCUT2D eigenvalue weighted by Crippen LogP contribution is 2.32. The highest BCUT2D eigenvalue weighted by Gasteiger charge is 2.23. The second-order valence-corrected chi connectivity index (χ2v) is 6.55. The number of pyridine rings is 1. The van der Waals surface area contributed by atoms with Crippen LogP contribution in [0.25, 0.3) is 22.0 Å². The number of fused-ring (bicyclic) bond motifs is 1. The molecule has 1 aliphatic heterocycles. The first kappa shape index (κ1) is 16.1. The van der Waals surface area contributed by atoms with Crippen molar-refractivity contribution in [1.29, 1.82) is 0 Å². The van der Waals surface area contributed by atoms with Gasteiger partial charge in [0.05, 0.1) is 12.1 Å². The maximum absolute atomic E-state index is 6.32. The van der Waals surface area contributed by atoms with Crippen LogP contribution in [0.3, 0.4) is 0 Å². The molecule has 0 bridgehead atoms. The molecule has 0 radical (unpaired) electrons. The van der Waals surface area contributed by atoms with Gasteiger partial charge in [0.2, 0.25) is 0 Å². The number of ether oxygens (including phenoxy) is 2. The molecule has 1 fully saturated rings. The minimum atomic E-state index is -0.0396. The Hall–Kier alpha value is -2.37. The topological polar surface area (TPSA) is 48.3 Å². The zero-order valence-electron chi connectivity index (χ0n) is 14.6. The molecule has 2 aromatic heterocycles. The lowest BCUT2D eigenvalue weighted by Crippen LogP contribution is -2.46. The molecule has 0 unspecified atom stereocenters. The van der Waals surface area contributed by atoms with Gasteiger partial charge in [0, 0.05) is 44.1 Å². The lowest BCUT2D eigenvalue weighted by Gasteiger charge is -2.29. The second kappa shape index (κ2) is 6.86. The minimum absolute atomic E-state index is 0.0396. The van der Waals surface area contributed by atoms with Crippen LogP contribution in [0.4, 0.5) is 0 Å². The van der Waals surface area contributed by atoms with Crippen LogP contribution in [0.15, 0.2) is 48.9 Å². The molecule has 1 saturated heterocycles. The summed E-state index contributed by atoms with van der Waals surface area (Å²) in [4.78, 5) is 4.52. The van der Waals surface area contributed by atoms with Crippen molar-refractivity contribution < 1.29 is 9.47 Å². The number of nitrogens with zero attached hydrogens (tertiary/aromatic N) is 2. The molecule has 25 heavy (non-hydrogen) atoms. The first-order chi connectivity index (χ1) is 12.2. The van der Waals surface area contributed by atoms with Gasteiger partial charge in [0.1, 0.15) is 18.0 Å². The summed E-state index contributed by atoms with van der Waals surface area (Å²) in [5, 5.41) is 4.38. The third kappa shape index (κ3) is 3.38. The van der Waals surface area contributed by atoms with Gasteiger partial charge < -0.3 is 19.4 Å². The van der Waals surface area contributed by atoms with Gasteiger partial charge in [-0.2, -0.15) is 0 Å². The molecule has 1 N–H and O–H groups in total. The molecule has 5 nitrogen and oxygen atoms in total. The van der Waals surface area contributed by atoms with Gasteiger partial charge in [-0.25, -0.2) is 0 Å². The average molecular weight is 337 g/mol. The fourth-order valence-corrected chi connectivity index (χ4v) is 3.25. The standard InChI is InChI=1S/C20H23N3O2/c1-14(20-12-21-7-9-24-20)25-19-11-16(15-5-8-23(2)13-15)10-18-17(19)4-3-6-22-18/h3-6,8,10-11,13-14,20-21H,7,9,12H2,1-2H3/t14-,20+/m1/s1. The number of aryl methyl sites for hydroxylation is 1. The van der Waals surface area contributed by atoms with Crippen LogP contribution >= 0.6 is 0 Å². The van der Waals surface area contributed by atoms with Crippen molar-refractivity contribution in [3.8, 4) is 16.9 Å². The molecule has 2 atom stereocenters. The van der Waals surface area contributed by atoms with Gasteiger partial charge in [-0.15, -0.1) is 0 Å². The largest absolute Gasteiger partial charge is 0.487 e. The number of hydrogen-bond donors (Lipinski definition) is 1. The van der Waals surface area contributed by atoms with Gasteiger partial charge in [-0.1, -0.05) is 0 Å². The fourth-order valence-electron chi connectivity index (χ4n) is 3.25. The van der Waals surface area contributed by atoms with Crippen molar-refractivity contribution >= 4 is 10.9 Å². The van der Waals surface area contributed by atoms with E-state index in [1.165, 1.54) is 0 Å². The van der Waals surface area contributed by atoms with Crippen molar-refractivity contribution in [1.82, 2.24) is 14.9 Å². The van der Waals surface area contributed by atoms with E-state index >= 15 is 0 Å².